The van der Waals surface area contributed by atoms with Crippen LogP contribution in [-0.4, -0.2) is 0 Å². The minimum atomic E-state index is 0.737. The lowest BCUT2D eigenvalue weighted by molar-refractivity contribution is 0.440. The first-order chi connectivity index (χ1) is 8.36. The Kier molecular flexibility index (Phi) is 3.11. The molecule has 0 saturated heterocycles. The number of fused-ring (bicyclic) bond motifs is 1. The summed E-state index contributed by atoms with van der Waals surface area (Å²) in [5.41, 5.74) is 1.46. The van der Waals surface area contributed by atoms with Crippen molar-refractivity contribution in [3.05, 3.63) is 42.0 Å². The molecule has 1 aliphatic carbocycles. The maximum Gasteiger partial charge on any atom is 0.0154 e. The molecule has 2 aromatic rings. The highest BCUT2D eigenvalue weighted by Gasteiger charge is 2.18. The topological polar surface area (TPSA) is 0 Å². The molecule has 0 aromatic heterocycles. The minimum absolute atomic E-state index is 0.737. The van der Waals surface area contributed by atoms with E-state index in [-0.39, 0.29) is 0 Å². The lowest BCUT2D eigenvalue weighted by Crippen LogP contribution is -2.05. The molecule has 3 rings (SSSR count). The van der Waals surface area contributed by atoms with Gasteiger partial charge in [-0.3, -0.25) is 0 Å². The molecule has 0 nitrogen and oxygen atoms in total. The highest BCUT2D eigenvalue weighted by atomic mass is 32.1. The second kappa shape index (κ2) is 4.73. The van der Waals surface area contributed by atoms with Gasteiger partial charge in [-0.15, -0.1) is 12.6 Å². The van der Waals surface area contributed by atoms with Crippen LogP contribution in [0.2, 0.25) is 0 Å². The third-order valence-corrected chi connectivity index (χ3v) is 4.48. The van der Waals surface area contributed by atoms with Gasteiger partial charge < -0.3 is 0 Å². The van der Waals surface area contributed by atoms with Gasteiger partial charge in [0.05, 0.1) is 0 Å². The van der Waals surface area contributed by atoms with E-state index in [1.54, 1.807) is 0 Å². The maximum absolute atomic E-state index is 4.77. The van der Waals surface area contributed by atoms with Crippen LogP contribution >= 0.6 is 12.6 Å². The van der Waals surface area contributed by atoms with Gasteiger partial charge in [0.2, 0.25) is 0 Å². The van der Waals surface area contributed by atoms with E-state index in [9.17, 15) is 0 Å². The first-order valence-electron chi connectivity index (χ1n) is 6.57. The van der Waals surface area contributed by atoms with Crippen molar-refractivity contribution in [1.82, 2.24) is 0 Å². The smallest absolute Gasteiger partial charge is 0.0154 e. The molecule has 0 bridgehead atoms. The predicted molar refractivity (Wildman–Crippen MR) is 77.0 cm³/mol. The van der Waals surface area contributed by atoms with Crippen LogP contribution in [0.4, 0.5) is 0 Å². The van der Waals surface area contributed by atoms with Crippen LogP contribution < -0.4 is 0 Å². The molecule has 0 amide bonds. The molecule has 0 unspecified atom stereocenters. The summed E-state index contributed by atoms with van der Waals surface area (Å²) in [5.74, 6) is 0.737. The molecule has 0 aliphatic heterocycles. The van der Waals surface area contributed by atoms with Gasteiger partial charge in [-0.25, -0.2) is 0 Å². The van der Waals surface area contributed by atoms with Crippen molar-refractivity contribution in [2.75, 3.05) is 0 Å². The van der Waals surface area contributed by atoms with E-state index in [0.717, 1.165) is 5.92 Å². The van der Waals surface area contributed by atoms with Gasteiger partial charge >= 0.3 is 0 Å². The van der Waals surface area contributed by atoms with E-state index in [0.29, 0.717) is 0 Å². The molecule has 88 valence electrons. The van der Waals surface area contributed by atoms with Crippen LogP contribution in [0.3, 0.4) is 0 Å². The van der Waals surface area contributed by atoms with Crippen molar-refractivity contribution in [1.29, 1.82) is 0 Å². The summed E-state index contributed by atoms with van der Waals surface area (Å²) in [6.07, 6.45) is 6.85. The second-order valence-electron chi connectivity index (χ2n) is 5.06. The van der Waals surface area contributed by atoms with E-state index >= 15 is 0 Å². The van der Waals surface area contributed by atoms with Crippen LogP contribution in [0.1, 0.15) is 43.6 Å². The summed E-state index contributed by atoms with van der Waals surface area (Å²) in [4.78, 5) is 1.20. The third kappa shape index (κ3) is 2.09. The molecule has 1 heteroatoms. The molecule has 17 heavy (non-hydrogen) atoms. The zero-order valence-corrected chi connectivity index (χ0v) is 10.9. The zero-order chi connectivity index (χ0) is 11.7. The van der Waals surface area contributed by atoms with Gasteiger partial charge in [0, 0.05) is 4.90 Å². The molecule has 2 aromatic carbocycles. The molecule has 0 heterocycles. The van der Waals surface area contributed by atoms with Crippen LogP contribution in [0.15, 0.2) is 41.3 Å². The van der Waals surface area contributed by atoms with Crippen LogP contribution in [0.25, 0.3) is 10.8 Å². The summed E-state index contributed by atoms with van der Waals surface area (Å²) in [7, 11) is 0. The molecule has 1 aliphatic rings. The van der Waals surface area contributed by atoms with Gasteiger partial charge in [-0.1, -0.05) is 55.7 Å². The largest absolute Gasteiger partial charge is 0.142 e. The zero-order valence-electron chi connectivity index (χ0n) is 10.0. The van der Waals surface area contributed by atoms with Gasteiger partial charge in [0.25, 0.3) is 0 Å². The normalized spacial score (nSPS) is 17.5. The average molecular weight is 242 g/mol. The standard InChI is InChI=1S/C16H18S/c17-16-14-9-5-4-8-13(14)10-11-15(16)12-6-2-1-3-7-12/h4-5,8-12,17H,1-3,6-7H2. The molecule has 0 radical (unpaired) electrons. The summed E-state index contributed by atoms with van der Waals surface area (Å²) in [6.45, 7) is 0. The summed E-state index contributed by atoms with van der Waals surface area (Å²) < 4.78 is 0. The molecule has 0 atom stereocenters. The van der Waals surface area contributed by atoms with E-state index in [4.69, 9.17) is 12.6 Å². The highest BCUT2D eigenvalue weighted by molar-refractivity contribution is 7.80. The number of benzene rings is 2. The Hall–Kier alpha value is -0.950. The van der Waals surface area contributed by atoms with Crippen LogP contribution in [0.5, 0.6) is 0 Å². The van der Waals surface area contributed by atoms with Gasteiger partial charge in [-0.05, 0) is 35.1 Å². The van der Waals surface area contributed by atoms with Gasteiger partial charge in [0.1, 0.15) is 0 Å². The van der Waals surface area contributed by atoms with Gasteiger partial charge in [-0.2, -0.15) is 0 Å². The lowest BCUT2D eigenvalue weighted by atomic mass is 9.83. The van der Waals surface area contributed by atoms with E-state index in [1.807, 2.05) is 0 Å². The van der Waals surface area contributed by atoms with E-state index in [2.05, 4.69) is 36.4 Å². The van der Waals surface area contributed by atoms with E-state index in [1.165, 1.54) is 53.3 Å². The second-order valence-corrected chi connectivity index (χ2v) is 5.51. The highest BCUT2D eigenvalue weighted by Crippen LogP contribution is 2.38. The Balaban J connectivity index is 2.07. The number of rotatable bonds is 1. The van der Waals surface area contributed by atoms with Crippen molar-refractivity contribution in [3.8, 4) is 0 Å². The Bertz CT molecular complexity index is 524. The van der Waals surface area contributed by atoms with Crippen molar-refractivity contribution >= 4 is 23.4 Å². The lowest BCUT2D eigenvalue weighted by Gasteiger charge is -2.23. The third-order valence-electron chi connectivity index (χ3n) is 3.98. The molecular formula is C16H18S. The van der Waals surface area contributed by atoms with Gasteiger partial charge in [0.15, 0.2) is 0 Å². The van der Waals surface area contributed by atoms with E-state index < -0.39 is 0 Å². The fourth-order valence-corrected chi connectivity index (χ4v) is 3.48. The van der Waals surface area contributed by atoms with Crippen molar-refractivity contribution in [2.24, 2.45) is 0 Å². The Morgan fingerprint density at radius 1 is 0.882 bits per heavy atom. The fourth-order valence-electron chi connectivity index (χ4n) is 3.02. The Morgan fingerprint density at radius 3 is 2.47 bits per heavy atom. The number of hydrogen-bond donors (Lipinski definition) is 1. The van der Waals surface area contributed by atoms with Crippen LogP contribution in [-0.2, 0) is 0 Å². The summed E-state index contributed by atoms with van der Waals surface area (Å²) in [6, 6.07) is 13.1. The number of hydrogen-bond acceptors (Lipinski definition) is 1. The monoisotopic (exact) mass is 242 g/mol. The first-order valence-corrected chi connectivity index (χ1v) is 7.01. The number of thiol groups is 1. The molecule has 1 fully saturated rings. The Labute approximate surface area is 108 Å². The molecule has 0 N–H and O–H groups in total. The average Bonchev–Trinajstić information content (AvgIpc) is 2.40. The molecular weight excluding hydrogens is 224 g/mol. The van der Waals surface area contributed by atoms with Crippen molar-refractivity contribution < 1.29 is 0 Å². The minimum Gasteiger partial charge on any atom is -0.142 e. The fraction of sp³-hybridized carbons (Fsp3) is 0.375. The summed E-state index contributed by atoms with van der Waals surface area (Å²) in [5, 5.41) is 2.61. The molecule has 1 saturated carbocycles. The summed E-state index contributed by atoms with van der Waals surface area (Å²) >= 11 is 4.77. The Morgan fingerprint density at radius 2 is 1.65 bits per heavy atom. The van der Waals surface area contributed by atoms with Crippen molar-refractivity contribution in [2.45, 2.75) is 42.9 Å². The predicted octanol–water partition coefficient (Wildman–Crippen LogP) is 5.18. The first kappa shape index (κ1) is 11.2. The quantitative estimate of drug-likeness (QED) is 0.655. The molecule has 0 spiro atoms. The SMILES string of the molecule is Sc1c(C2CCCCC2)ccc2ccccc12. The van der Waals surface area contributed by atoms with Crippen molar-refractivity contribution in [3.63, 3.8) is 0 Å². The maximum atomic E-state index is 4.77. The van der Waals surface area contributed by atoms with Crippen LogP contribution in [0, 0.1) is 0 Å².